The molecule has 1 fully saturated rings. The van der Waals surface area contributed by atoms with Gasteiger partial charge in [0.05, 0.1) is 13.2 Å². The average molecular weight is 361 g/mol. The lowest BCUT2D eigenvalue weighted by Crippen LogP contribution is -2.43. The third kappa shape index (κ3) is 4.03. The maximum absolute atomic E-state index is 10.8. The molecule has 0 radical (unpaired) electrons. The highest BCUT2D eigenvalue weighted by atomic mass is 16.5. The van der Waals surface area contributed by atoms with Crippen molar-refractivity contribution in [1.29, 1.82) is 0 Å². The number of rotatable bonds is 7. The van der Waals surface area contributed by atoms with Crippen molar-refractivity contribution in [3.8, 4) is 5.75 Å². The maximum Gasteiger partial charge on any atom is 0.207 e. The summed E-state index contributed by atoms with van der Waals surface area (Å²) in [5.41, 5.74) is 9.21. The van der Waals surface area contributed by atoms with Gasteiger partial charge in [0.15, 0.2) is 0 Å². The van der Waals surface area contributed by atoms with E-state index in [1.54, 1.807) is 7.11 Å². The summed E-state index contributed by atoms with van der Waals surface area (Å²) in [6.07, 6.45) is 3.91. The van der Waals surface area contributed by atoms with Crippen LogP contribution in [0.1, 0.15) is 35.6 Å². The van der Waals surface area contributed by atoms with Crippen LogP contribution in [-0.4, -0.2) is 57.2 Å². The molecule has 0 aliphatic carbocycles. The Balaban J connectivity index is 1.80. The average Bonchev–Trinajstić information content (AvgIpc) is 2.66. The Morgan fingerprint density at radius 3 is 2.81 bits per heavy atom. The number of hydrogen-bond acceptors (Lipinski definition) is 5. The summed E-state index contributed by atoms with van der Waals surface area (Å²) < 4.78 is 12.2. The molecule has 144 valence electrons. The minimum Gasteiger partial charge on any atom is -0.496 e. The quantitative estimate of drug-likeness (QED) is 0.718. The number of aryl methyl sites for hydroxylation is 1. The Hall–Kier alpha value is -1.63. The summed E-state index contributed by atoms with van der Waals surface area (Å²) in [6.45, 7) is 6.42. The number of piperidine rings is 1. The standard InChI is InChI=1S/C20H31N3O3/c1-14-3-4-16-17(20(14)25-2)11-18(26-19(16)12-22-13-24)15-5-8-23(9-6-15)10-7-21/h3-4,13,15,18-19H,5-12,21H2,1-2H3,(H,22,24)/t18-,19-/m0/s1. The zero-order valence-electron chi connectivity index (χ0n) is 15.9. The molecule has 1 saturated heterocycles. The molecule has 0 unspecified atom stereocenters. The SMILES string of the molecule is COc1c(C)ccc2c1C[C@@H](C1CCN(CCN)CC1)O[C@H]2CNC=O. The van der Waals surface area contributed by atoms with Crippen LogP contribution in [0.3, 0.4) is 0 Å². The molecule has 2 heterocycles. The van der Waals surface area contributed by atoms with E-state index in [1.807, 2.05) is 0 Å². The first-order chi connectivity index (χ1) is 12.7. The molecular weight excluding hydrogens is 330 g/mol. The summed E-state index contributed by atoms with van der Waals surface area (Å²) in [5, 5.41) is 2.79. The van der Waals surface area contributed by atoms with Crippen LogP contribution in [0.4, 0.5) is 0 Å². The Labute approximate surface area is 156 Å². The normalized spacial score (nSPS) is 24.1. The second-order valence-electron chi connectivity index (χ2n) is 7.34. The van der Waals surface area contributed by atoms with Crippen molar-refractivity contribution in [1.82, 2.24) is 10.2 Å². The van der Waals surface area contributed by atoms with Gasteiger partial charge in [-0.05, 0) is 49.9 Å². The van der Waals surface area contributed by atoms with Crippen molar-refractivity contribution < 1.29 is 14.3 Å². The number of ether oxygens (including phenoxy) is 2. The molecule has 0 aromatic heterocycles. The fourth-order valence-electron chi connectivity index (χ4n) is 4.41. The predicted molar refractivity (Wildman–Crippen MR) is 101 cm³/mol. The number of hydrogen-bond donors (Lipinski definition) is 2. The van der Waals surface area contributed by atoms with Gasteiger partial charge in [-0.1, -0.05) is 12.1 Å². The number of carbonyl (C=O) groups excluding carboxylic acids is 1. The second-order valence-corrected chi connectivity index (χ2v) is 7.34. The highest BCUT2D eigenvalue weighted by molar-refractivity contribution is 5.50. The van der Waals surface area contributed by atoms with Crippen LogP contribution < -0.4 is 15.8 Å². The summed E-state index contributed by atoms with van der Waals surface area (Å²) >= 11 is 0. The summed E-state index contributed by atoms with van der Waals surface area (Å²) in [5.74, 6) is 1.49. The highest BCUT2D eigenvalue weighted by Gasteiger charge is 2.35. The van der Waals surface area contributed by atoms with Gasteiger partial charge < -0.3 is 25.4 Å². The zero-order valence-corrected chi connectivity index (χ0v) is 15.9. The number of nitrogens with zero attached hydrogens (tertiary/aromatic N) is 1. The molecule has 2 aliphatic rings. The van der Waals surface area contributed by atoms with Gasteiger partial charge in [0.2, 0.25) is 6.41 Å². The molecular formula is C20H31N3O3. The van der Waals surface area contributed by atoms with Crippen molar-refractivity contribution in [2.75, 3.05) is 39.8 Å². The molecule has 1 aromatic carbocycles. The van der Waals surface area contributed by atoms with Crippen molar-refractivity contribution >= 4 is 6.41 Å². The summed E-state index contributed by atoms with van der Waals surface area (Å²) in [6, 6.07) is 4.19. The lowest BCUT2D eigenvalue weighted by molar-refractivity contribution is -0.111. The first-order valence-electron chi connectivity index (χ1n) is 9.59. The van der Waals surface area contributed by atoms with Gasteiger partial charge in [-0.15, -0.1) is 0 Å². The molecule has 0 bridgehead atoms. The maximum atomic E-state index is 10.8. The first kappa shape index (κ1) is 19.1. The van der Waals surface area contributed by atoms with Gasteiger partial charge in [-0.3, -0.25) is 4.79 Å². The van der Waals surface area contributed by atoms with E-state index in [2.05, 4.69) is 29.3 Å². The number of amides is 1. The van der Waals surface area contributed by atoms with E-state index in [-0.39, 0.29) is 12.2 Å². The van der Waals surface area contributed by atoms with Gasteiger partial charge in [0.1, 0.15) is 11.9 Å². The van der Waals surface area contributed by atoms with Crippen LogP contribution in [-0.2, 0) is 16.0 Å². The van der Waals surface area contributed by atoms with E-state index >= 15 is 0 Å². The van der Waals surface area contributed by atoms with Crippen LogP contribution in [0.2, 0.25) is 0 Å². The zero-order chi connectivity index (χ0) is 18.5. The molecule has 0 spiro atoms. The molecule has 6 nitrogen and oxygen atoms in total. The highest BCUT2D eigenvalue weighted by Crippen LogP contribution is 2.40. The van der Waals surface area contributed by atoms with Crippen LogP contribution in [0.25, 0.3) is 0 Å². The Bertz CT molecular complexity index is 615. The van der Waals surface area contributed by atoms with Gasteiger partial charge in [-0.25, -0.2) is 0 Å². The lowest BCUT2D eigenvalue weighted by Gasteiger charge is -2.41. The van der Waals surface area contributed by atoms with Gasteiger partial charge in [0, 0.05) is 31.6 Å². The number of methoxy groups -OCH3 is 1. The van der Waals surface area contributed by atoms with E-state index in [0.29, 0.717) is 19.0 Å². The fourth-order valence-corrected chi connectivity index (χ4v) is 4.41. The molecule has 26 heavy (non-hydrogen) atoms. The van der Waals surface area contributed by atoms with Crippen molar-refractivity contribution in [2.24, 2.45) is 11.7 Å². The first-order valence-corrected chi connectivity index (χ1v) is 9.59. The molecule has 1 aromatic rings. The Morgan fingerprint density at radius 2 is 2.15 bits per heavy atom. The predicted octanol–water partition coefficient (Wildman–Crippen LogP) is 1.40. The third-order valence-electron chi connectivity index (χ3n) is 5.78. The van der Waals surface area contributed by atoms with E-state index in [4.69, 9.17) is 15.2 Å². The van der Waals surface area contributed by atoms with Crippen LogP contribution in [0.15, 0.2) is 12.1 Å². The van der Waals surface area contributed by atoms with Gasteiger partial charge >= 0.3 is 0 Å². The van der Waals surface area contributed by atoms with Gasteiger partial charge in [-0.2, -0.15) is 0 Å². The number of nitrogens with one attached hydrogen (secondary N) is 1. The van der Waals surface area contributed by atoms with Crippen molar-refractivity contribution in [2.45, 2.75) is 38.4 Å². The lowest BCUT2D eigenvalue weighted by atomic mass is 9.83. The Kier molecular flexibility index (Phi) is 6.51. The van der Waals surface area contributed by atoms with Crippen molar-refractivity contribution in [3.05, 3.63) is 28.8 Å². The summed E-state index contributed by atoms with van der Waals surface area (Å²) in [7, 11) is 1.73. The second kappa shape index (κ2) is 8.84. The molecule has 1 amide bonds. The van der Waals surface area contributed by atoms with E-state index in [1.165, 1.54) is 5.56 Å². The summed E-state index contributed by atoms with van der Waals surface area (Å²) in [4.78, 5) is 13.2. The smallest absolute Gasteiger partial charge is 0.207 e. The third-order valence-corrected chi connectivity index (χ3v) is 5.78. The fraction of sp³-hybridized carbons (Fsp3) is 0.650. The van der Waals surface area contributed by atoms with E-state index in [9.17, 15) is 4.79 Å². The van der Waals surface area contributed by atoms with Crippen LogP contribution >= 0.6 is 0 Å². The topological polar surface area (TPSA) is 76.8 Å². The van der Waals surface area contributed by atoms with Gasteiger partial charge in [0.25, 0.3) is 0 Å². The number of likely N-dealkylation sites (tertiary alicyclic amines) is 1. The van der Waals surface area contributed by atoms with Crippen molar-refractivity contribution in [3.63, 3.8) is 0 Å². The molecule has 3 rings (SSSR count). The van der Waals surface area contributed by atoms with E-state index in [0.717, 1.165) is 62.2 Å². The molecule has 0 saturated carbocycles. The van der Waals surface area contributed by atoms with Crippen LogP contribution in [0.5, 0.6) is 5.75 Å². The minimum atomic E-state index is -0.120. The number of fused-ring (bicyclic) bond motifs is 1. The van der Waals surface area contributed by atoms with Crippen LogP contribution in [0, 0.1) is 12.8 Å². The molecule has 2 atom stereocenters. The monoisotopic (exact) mass is 361 g/mol. The largest absolute Gasteiger partial charge is 0.496 e. The van der Waals surface area contributed by atoms with E-state index < -0.39 is 0 Å². The number of nitrogens with two attached hydrogens (primary N) is 1. The number of carbonyl (C=O) groups is 1. The number of benzene rings is 1. The molecule has 6 heteroatoms. The molecule has 3 N–H and O–H groups in total. The Morgan fingerprint density at radius 1 is 1.38 bits per heavy atom. The molecule has 2 aliphatic heterocycles. The minimum absolute atomic E-state index is 0.120.